The van der Waals surface area contributed by atoms with Crippen LogP contribution in [-0.4, -0.2) is 25.2 Å². The number of methoxy groups -OCH3 is 2. The Labute approximate surface area is 122 Å². The lowest BCUT2D eigenvalue weighted by Crippen LogP contribution is -2.11. The summed E-state index contributed by atoms with van der Waals surface area (Å²) in [6.45, 7) is 1.35. The highest BCUT2D eigenvalue weighted by atomic mass is 35.5. The molecule has 0 aliphatic carbocycles. The van der Waals surface area contributed by atoms with Crippen molar-refractivity contribution in [1.82, 2.24) is 4.42 Å². The molecule has 1 aliphatic rings. The third-order valence-corrected chi connectivity index (χ3v) is 4.15. The predicted octanol–water partition coefficient (Wildman–Crippen LogP) is 3.91. The summed E-state index contributed by atoms with van der Waals surface area (Å²) >= 11 is 18.9. The normalized spacial score (nSPS) is 16.1. The fraction of sp³-hybridized carbons (Fsp3) is 0.500. The first-order chi connectivity index (χ1) is 8.60. The fourth-order valence-electron chi connectivity index (χ4n) is 2.21. The van der Waals surface area contributed by atoms with Crippen molar-refractivity contribution in [2.75, 3.05) is 20.8 Å². The van der Waals surface area contributed by atoms with Gasteiger partial charge in [-0.15, -0.1) is 0 Å². The molecule has 0 spiro atoms. The van der Waals surface area contributed by atoms with Crippen molar-refractivity contribution in [1.29, 1.82) is 0 Å². The molecule has 0 radical (unpaired) electrons. The number of benzene rings is 1. The van der Waals surface area contributed by atoms with Crippen LogP contribution in [0.4, 0.5) is 0 Å². The molecule has 0 amide bonds. The zero-order valence-corrected chi connectivity index (χ0v) is 12.5. The molecule has 0 fully saturated rings. The lowest BCUT2D eigenvalue weighted by Gasteiger charge is -2.19. The van der Waals surface area contributed by atoms with Crippen molar-refractivity contribution in [2.45, 2.75) is 19.4 Å². The van der Waals surface area contributed by atoms with Crippen LogP contribution in [0.5, 0.6) is 11.5 Å². The number of fused-ring (bicyclic) bond motifs is 1. The van der Waals surface area contributed by atoms with Crippen molar-refractivity contribution < 1.29 is 9.47 Å². The van der Waals surface area contributed by atoms with Crippen LogP contribution >= 0.6 is 35.0 Å². The highest BCUT2D eigenvalue weighted by Gasteiger charge is 2.26. The van der Waals surface area contributed by atoms with Crippen LogP contribution in [0.3, 0.4) is 0 Å². The van der Waals surface area contributed by atoms with Crippen molar-refractivity contribution >= 4 is 35.0 Å². The molecular weight excluding hydrogens is 296 g/mol. The van der Waals surface area contributed by atoms with Crippen LogP contribution in [0.25, 0.3) is 0 Å². The first-order valence-corrected chi connectivity index (χ1v) is 6.71. The maximum absolute atomic E-state index is 6.38. The first kappa shape index (κ1) is 14.1. The molecule has 1 aromatic carbocycles. The van der Waals surface area contributed by atoms with Gasteiger partial charge in [0, 0.05) is 13.1 Å². The summed E-state index contributed by atoms with van der Waals surface area (Å²) in [5.41, 5.74) is 1.93. The van der Waals surface area contributed by atoms with E-state index in [-0.39, 0.29) is 0 Å². The summed E-state index contributed by atoms with van der Waals surface area (Å²) in [6.07, 6.45) is 1.76. The smallest absolute Gasteiger partial charge is 0.181 e. The van der Waals surface area contributed by atoms with E-state index in [0.29, 0.717) is 28.1 Å². The Morgan fingerprint density at radius 2 is 1.56 bits per heavy atom. The van der Waals surface area contributed by atoms with E-state index in [1.807, 2.05) is 0 Å². The van der Waals surface area contributed by atoms with Gasteiger partial charge >= 0.3 is 0 Å². The predicted molar refractivity (Wildman–Crippen MR) is 74.2 cm³/mol. The van der Waals surface area contributed by atoms with Crippen LogP contribution in [0.2, 0.25) is 10.0 Å². The zero-order valence-electron chi connectivity index (χ0n) is 10.2. The van der Waals surface area contributed by atoms with E-state index in [0.717, 1.165) is 30.5 Å². The minimum Gasteiger partial charge on any atom is -0.491 e. The highest BCUT2D eigenvalue weighted by Crippen LogP contribution is 2.47. The molecule has 0 atom stereocenters. The average molecular weight is 311 g/mol. The van der Waals surface area contributed by atoms with Gasteiger partial charge in [0.2, 0.25) is 0 Å². The molecule has 0 saturated carbocycles. The third-order valence-electron chi connectivity index (χ3n) is 3.06. The van der Waals surface area contributed by atoms with Gasteiger partial charge in [0.15, 0.2) is 11.5 Å². The molecule has 1 heterocycles. The van der Waals surface area contributed by atoms with Crippen molar-refractivity contribution in [2.24, 2.45) is 0 Å². The number of nitrogens with zero attached hydrogens (tertiary/aromatic N) is 1. The molecule has 6 heteroatoms. The summed E-state index contributed by atoms with van der Waals surface area (Å²) in [6, 6.07) is 0. The van der Waals surface area contributed by atoms with Crippen molar-refractivity contribution in [3.05, 3.63) is 21.2 Å². The van der Waals surface area contributed by atoms with Gasteiger partial charge in [0.25, 0.3) is 0 Å². The van der Waals surface area contributed by atoms with Gasteiger partial charge in [-0.05, 0) is 35.7 Å². The maximum Gasteiger partial charge on any atom is 0.181 e. The second-order valence-electron chi connectivity index (χ2n) is 4.10. The lowest BCUT2D eigenvalue weighted by molar-refractivity contribution is 0.354. The number of halogens is 3. The van der Waals surface area contributed by atoms with Gasteiger partial charge in [0.1, 0.15) is 0 Å². The number of hydrogen-bond donors (Lipinski definition) is 0. The molecule has 0 aromatic heterocycles. The molecule has 2 rings (SSSR count). The number of rotatable bonds is 2. The first-order valence-electron chi connectivity index (χ1n) is 5.61. The fourth-order valence-corrected chi connectivity index (χ4v) is 3.15. The summed E-state index contributed by atoms with van der Waals surface area (Å²) in [5.74, 6) is 0.959. The molecule has 3 nitrogen and oxygen atoms in total. The van der Waals surface area contributed by atoms with E-state index < -0.39 is 0 Å². The second-order valence-corrected chi connectivity index (χ2v) is 5.33. The van der Waals surface area contributed by atoms with Crippen LogP contribution in [0.1, 0.15) is 17.5 Å². The van der Waals surface area contributed by atoms with E-state index in [1.54, 1.807) is 18.6 Å². The van der Waals surface area contributed by atoms with Gasteiger partial charge in [-0.1, -0.05) is 23.2 Å². The highest BCUT2D eigenvalue weighted by molar-refractivity contribution is 6.37. The van der Waals surface area contributed by atoms with Crippen LogP contribution in [0.15, 0.2) is 0 Å². The largest absolute Gasteiger partial charge is 0.491 e. The third kappa shape index (κ3) is 2.37. The number of ether oxygens (including phenoxy) is 2. The topological polar surface area (TPSA) is 21.7 Å². The average Bonchev–Trinajstić information content (AvgIpc) is 2.55. The Kier molecular flexibility index (Phi) is 4.49. The molecule has 0 saturated heterocycles. The minimum absolute atomic E-state index is 0.467. The van der Waals surface area contributed by atoms with E-state index in [1.165, 1.54) is 0 Å². The van der Waals surface area contributed by atoms with E-state index >= 15 is 0 Å². The summed E-state index contributed by atoms with van der Waals surface area (Å²) in [7, 11) is 3.10. The Balaban J connectivity index is 2.65. The van der Waals surface area contributed by atoms with E-state index in [9.17, 15) is 0 Å². The molecule has 0 bridgehead atoms. The molecular formula is C12H14Cl3NO2. The van der Waals surface area contributed by atoms with Crippen molar-refractivity contribution in [3.8, 4) is 11.5 Å². The monoisotopic (exact) mass is 309 g/mol. The van der Waals surface area contributed by atoms with Gasteiger partial charge in [-0.3, -0.25) is 0 Å². The second kappa shape index (κ2) is 5.74. The van der Waals surface area contributed by atoms with Gasteiger partial charge in [0.05, 0.1) is 24.3 Å². The Morgan fingerprint density at radius 3 is 2.11 bits per heavy atom. The van der Waals surface area contributed by atoms with Gasteiger partial charge in [-0.2, -0.15) is 0 Å². The SMILES string of the molecule is COc1c(Cl)c2c(c(Cl)c1OC)CN(Cl)CCC2. The zero-order chi connectivity index (χ0) is 13.3. The van der Waals surface area contributed by atoms with Crippen LogP contribution < -0.4 is 9.47 Å². The summed E-state index contributed by atoms with van der Waals surface area (Å²) in [4.78, 5) is 0. The molecule has 1 aliphatic heterocycles. The van der Waals surface area contributed by atoms with E-state index in [2.05, 4.69) is 0 Å². The van der Waals surface area contributed by atoms with E-state index in [4.69, 9.17) is 44.5 Å². The van der Waals surface area contributed by atoms with Gasteiger partial charge in [-0.25, -0.2) is 4.42 Å². The summed E-state index contributed by atoms with van der Waals surface area (Å²) in [5, 5.41) is 1.10. The lowest BCUT2D eigenvalue weighted by atomic mass is 10.0. The molecule has 1 aromatic rings. The van der Waals surface area contributed by atoms with Gasteiger partial charge < -0.3 is 9.47 Å². The van der Waals surface area contributed by atoms with Crippen LogP contribution in [0, 0.1) is 0 Å². The number of hydrogen-bond acceptors (Lipinski definition) is 3. The van der Waals surface area contributed by atoms with Crippen molar-refractivity contribution in [3.63, 3.8) is 0 Å². The minimum atomic E-state index is 0.467. The molecule has 0 N–H and O–H groups in total. The summed E-state index contributed by atoms with van der Waals surface area (Å²) < 4.78 is 12.3. The molecule has 0 unspecified atom stereocenters. The maximum atomic E-state index is 6.38. The molecule has 100 valence electrons. The Hall–Kier alpha value is -0.350. The molecule has 18 heavy (non-hydrogen) atoms. The quantitative estimate of drug-likeness (QED) is 0.773. The Morgan fingerprint density at radius 1 is 1.00 bits per heavy atom. The Bertz CT molecular complexity index is 465. The van der Waals surface area contributed by atoms with Crippen LogP contribution in [-0.2, 0) is 13.0 Å². The standard InChI is InChI=1S/C12H14Cl3NO2/c1-17-11-9(13)7-4-3-5-16(15)6-8(7)10(14)12(11)18-2/h3-6H2,1-2H3.